The predicted octanol–water partition coefficient (Wildman–Crippen LogP) is 4.42. The van der Waals surface area contributed by atoms with Crippen LogP contribution in [-0.4, -0.2) is 35.2 Å². The van der Waals surface area contributed by atoms with Crippen LogP contribution < -0.4 is 0 Å². The zero-order valence-corrected chi connectivity index (χ0v) is 15.5. The maximum absolute atomic E-state index is 11.5. The number of fused-ring (bicyclic) bond motifs is 3. The highest BCUT2D eigenvalue weighted by Crippen LogP contribution is 2.62. The number of aliphatic hydroxyl groups is 1. The van der Waals surface area contributed by atoms with Crippen molar-refractivity contribution in [3.8, 4) is 0 Å². The highest BCUT2D eigenvalue weighted by atomic mass is 16.3. The second kappa shape index (κ2) is 5.96. The van der Waals surface area contributed by atoms with Crippen molar-refractivity contribution in [2.45, 2.75) is 49.2 Å². The van der Waals surface area contributed by atoms with Gasteiger partial charge >= 0.3 is 0 Å². The van der Waals surface area contributed by atoms with E-state index in [1.165, 1.54) is 11.1 Å². The second-order valence-corrected chi connectivity index (χ2v) is 8.62. The van der Waals surface area contributed by atoms with E-state index >= 15 is 0 Å². The zero-order chi connectivity index (χ0) is 17.7. The molecule has 2 aromatic carbocycles. The summed E-state index contributed by atoms with van der Waals surface area (Å²) in [5.41, 5.74) is 2.15. The molecule has 132 valence electrons. The second-order valence-electron chi connectivity index (χ2n) is 8.62. The van der Waals surface area contributed by atoms with Crippen LogP contribution in [0.15, 0.2) is 60.7 Å². The molecule has 5 rings (SSSR count). The van der Waals surface area contributed by atoms with Gasteiger partial charge in [0, 0.05) is 11.5 Å². The minimum atomic E-state index is -0.651. The van der Waals surface area contributed by atoms with Crippen molar-refractivity contribution < 1.29 is 5.11 Å². The Morgan fingerprint density at radius 2 is 1.28 bits per heavy atom. The molecule has 0 heterocycles. The molecule has 1 N–H and O–H groups in total. The van der Waals surface area contributed by atoms with Gasteiger partial charge in [-0.25, -0.2) is 0 Å². The molecule has 0 aliphatic heterocycles. The van der Waals surface area contributed by atoms with Crippen molar-refractivity contribution in [2.75, 3.05) is 14.1 Å². The Kier molecular flexibility index (Phi) is 4.01. The number of hydrogen-bond acceptors (Lipinski definition) is 2. The maximum Gasteiger partial charge on any atom is 0.0677 e. The van der Waals surface area contributed by atoms with Crippen LogP contribution in [0.2, 0.25) is 0 Å². The van der Waals surface area contributed by atoms with Gasteiger partial charge in [-0.15, -0.1) is 0 Å². The van der Waals surface area contributed by atoms with Gasteiger partial charge in [0.2, 0.25) is 0 Å². The number of benzene rings is 2. The third kappa shape index (κ3) is 2.72. The average Bonchev–Trinajstić information content (AvgIpc) is 2.62. The van der Waals surface area contributed by atoms with Crippen LogP contribution in [0.4, 0.5) is 0 Å². The summed E-state index contributed by atoms with van der Waals surface area (Å²) < 4.78 is 0. The molecule has 25 heavy (non-hydrogen) atoms. The minimum absolute atomic E-state index is 0.0548. The molecule has 3 aliphatic rings. The molecule has 0 saturated heterocycles. The lowest BCUT2D eigenvalue weighted by Gasteiger charge is -2.63. The zero-order valence-electron chi connectivity index (χ0n) is 15.5. The predicted molar refractivity (Wildman–Crippen MR) is 103 cm³/mol. The normalized spacial score (nSPS) is 37.4. The summed E-state index contributed by atoms with van der Waals surface area (Å²) in [6.45, 7) is 2.07. The molecule has 2 aromatic rings. The van der Waals surface area contributed by atoms with Gasteiger partial charge in [-0.2, -0.15) is 0 Å². The van der Waals surface area contributed by atoms with Crippen molar-refractivity contribution in [3.05, 3.63) is 71.8 Å². The average molecular weight is 335 g/mol. The van der Waals surface area contributed by atoms with Gasteiger partial charge in [0.15, 0.2) is 0 Å². The van der Waals surface area contributed by atoms with E-state index in [1.54, 1.807) is 0 Å². The van der Waals surface area contributed by atoms with Crippen molar-refractivity contribution in [1.29, 1.82) is 0 Å². The molecule has 3 aliphatic carbocycles. The van der Waals surface area contributed by atoms with E-state index in [0.717, 1.165) is 19.3 Å². The molecule has 2 unspecified atom stereocenters. The Labute approximate surface area is 151 Å². The van der Waals surface area contributed by atoms with E-state index < -0.39 is 5.60 Å². The Bertz CT molecular complexity index is 673. The molecular weight excluding hydrogens is 306 g/mol. The topological polar surface area (TPSA) is 23.5 Å². The highest BCUT2D eigenvalue weighted by Gasteiger charge is 2.60. The summed E-state index contributed by atoms with van der Waals surface area (Å²) >= 11 is 0. The van der Waals surface area contributed by atoms with E-state index in [9.17, 15) is 5.11 Å². The fourth-order valence-electron chi connectivity index (χ4n) is 5.81. The van der Waals surface area contributed by atoms with Crippen molar-refractivity contribution >= 4 is 0 Å². The van der Waals surface area contributed by atoms with Crippen LogP contribution >= 0.6 is 0 Å². The minimum Gasteiger partial charge on any atom is -0.390 e. The van der Waals surface area contributed by atoms with Crippen molar-refractivity contribution in [2.24, 2.45) is 5.92 Å². The van der Waals surface area contributed by atoms with Crippen molar-refractivity contribution in [3.63, 3.8) is 0 Å². The van der Waals surface area contributed by atoms with Crippen molar-refractivity contribution in [1.82, 2.24) is 4.90 Å². The third-order valence-corrected chi connectivity index (χ3v) is 6.88. The van der Waals surface area contributed by atoms with E-state index in [4.69, 9.17) is 0 Å². The molecule has 0 aromatic heterocycles. The molecule has 0 amide bonds. The number of hydrogen-bond donors (Lipinski definition) is 1. The van der Waals surface area contributed by atoms with Crippen LogP contribution in [0.1, 0.15) is 49.1 Å². The first-order chi connectivity index (χ1) is 11.9. The van der Waals surface area contributed by atoms with Crippen LogP contribution in [0.3, 0.4) is 0 Å². The quantitative estimate of drug-likeness (QED) is 0.897. The summed E-state index contributed by atoms with van der Waals surface area (Å²) in [5, 5.41) is 11.5. The molecule has 2 heteroatoms. The van der Waals surface area contributed by atoms with E-state index in [2.05, 4.69) is 86.6 Å². The lowest BCUT2D eigenvalue weighted by molar-refractivity contribution is -0.150. The molecule has 3 fully saturated rings. The standard InChI is InChI=1S/C23H29NO/c1-22(25)16-23(24(2)3)14-19(17-10-6-4-7-11-17)21(22)20(15-23)18-12-8-5-9-13-18/h4-13,19-21,25H,14-16H2,1-3H3/t19-,20+,21?,22-,23?/m1/s1. The van der Waals surface area contributed by atoms with Crippen LogP contribution in [0.5, 0.6) is 0 Å². The summed E-state index contributed by atoms with van der Waals surface area (Å²) in [5.74, 6) is 1.05. The molecule has 2 nitrogen and oxygen atoms in total. The lowest BCUT2D eigenvalue weighted by Crippen LogP contribution is -2.65. The first-order valence-corrected chi connectivity index (χ1v) is 9.43. The van der Waals surface area contributed by atoms with E-state index in [0.29, 0.717) is 11.8 Å². The van der Waals surface area contributed by atoms with Crippen LogP contribution in [0.25, 0.3) is 0 Å². The van der Waals surface area contributed by atoms with Gasteiger partial charge in [-0.3, -0.25) is 0 Å². The Morgan fingerprint density at radius 3 is 1.68 bits per heavy atom. The monoisotopic (exact) mass is 335 g/mol. The largest absolute Gasteiger partial charge is 0.390 e. The summed E-state index contributed by atoms with van der Waals surface area (Å²) in [7, 11) is 4.37. The lowest BCUT2D eigenvalue weighted by atomic mass is 9.48. The molecular formula is C23H29NO. The summed E-state index contributed by atoms with van der Waals surface area (Å²) in [4.78, 5) is 2.38. The van der Waals surface area contributed by atoms with Crippen LogP contribution in [-0.2, 0) is 0 Å². The van der Waals surface area contributed by atoms with Gasteiger partial charge in [0.25, 0.3) is 0 Å². The summed E-state index contributed by atoms with van der Waals surface area (Å²) in [6.07, 6.45) is 3.13. The smallest absolute Gasteiger partial charge is 0.0677 e. The fraction of sp³-hybridized carbons (Fsp3) is 0.478. The molecule has 0 radical (unpaired) electrons. The molecule has 2 bridgehead atoms. The van der Waals surface area contributed by atoms with E-state index in [-0.39, 0.29) is 11.5 Å². The fourth-order valence-corrected chi connectivity index (χ4v) is 5.81. The van der Waals surface area contributed by atoms with Crippen LogP contribution in [0, 0.1) is 5.92 Å². The highest BCUT2D eigenvalue weighted by molar-refractivity contribution is 5.33. The van der Waals surface area contributed by atoms with Gasteiger partial charge in [-0.05, 0) is 63.2 Å². The number of nitrogens with zero attached hydrogens (tertiary/aromatic N) is 1. The SMILES string of the molecule is CN(C)C12C[C@H](c3ccccc3)C([C@H](c3ccccc3)C1)[C@](C)(O)C2. The van der Waals surface area contributed by atoms with Gasteiger partial charge in [0.05, 0.1) is 5.60 Å². The Hall–Kier alpha value is -1.64. The van der Waals surface area contributed by atoms with E-state index in [1.807, 2.05) is 0 Å². The Balaban J connectivity index is 1.85. The number of rotatable bonds is 3. The van der Waals surface area contributed by atoms with Gasteiger partial charge in [-0.1, -0.05) is 60.7 Å². The Morgan fingerprint density at radius 1 is 0.840 bits per heavy atom. The summed E-state index contributed by atoms with van der Waals surface area (Å²) in [6, 6.07) is 21.7. The maximum atomic E-state index is 11.5. The van der Waals surface area contributed by atoms with Gasteiger partial charge in [0.1, 0.15) is 0 Å². The molecule has 5 atom stereocenters. The third-order valence-electron chi connectivity index (χ3n) is 6.88. The first-order valence-electron chi connectivity index (χ1n) is 9.43. The molecule has 0 spiro atoms. The first kappa shape index (κ1) is 16.8. The van der Waals surface area contributed by atoms with Gasteiger partial charge < -0.3 is 10.0 Å². The molecule has 3 saturated carbocycles.